The van der Waals surface area contributed by atoms with Gasteiger partial charge >= 0.3 is 11.9 Å². The normalized spacial score (nSPS) is 17.7. The van der Waals surface area contributed by atoms with Crippen molar-refractivity contribution in [3.63, 3.8) is 0 Å². The van der Waals surface area contributed by atoms with Gasteiger partial charge in [-0.1, -0.05) is 79.9 Å². The largest absolute Gasteiger partial charge is 0.465 e. The summed E-state index contributed by atoms with van der Waals surface area (Å²) in [7, 11) is 0. The predicted octanol–water partition coefficient (Wildman–Crippen LogP) is 4.43. The standard InChI is InChI=1S/C30H40N2O5/c1-3-36-29(34)26(20-19-24-14-8-6-9-15-24)31-23(2)28(33)32-21-13-5-4-12-18-27(32)30(35)37-22-25-16-10-7-11-17-25/h6-11,14-17,23,26-27,31H,3-5,12-13,18-22H2,1-2H3/t23-,26-,27+/m0/s1. The van der Waals surface area contributed by atoms with Crippen LogP contribution in [0.25, 0.3) is 0 Å². The van der Waals surface area contributed by atoms with E-state index in [4.69, 9.17) is 9.47 Å². The first-order chi connectivity index (χ1) is 18.0. The van der Waals surface area contributed by atoms with E-state index in [1.807, 2.05) is 60.7 Å². The molecule has 2 aromatic carbocycles. The van der Waals surface area contributed by atoms with Crippen molar-refractivity contribution >= 4 is 17.8 Å². The van der Waals surface area contributed by atoms with E-state index in [2.05, 4.69) is 5.32 Å². The molecule has 0 radical (unpaired) electrons. The fourth-order valence-electron chi connectivity index (χ4n) is 4.71. The van der Waals surface area contributed by atoms with Crippen molar-refractivity contribution < 1.29 is 23.9 Å². The van der Waals surface area contributed by atoms with Crippen LogP contribution in [0.3, 0.4) is 0 Å². The molecule has 0 saturated carbocycles. The van der Waals surface area contributed by atoms with Crippen LogP contribution in [0, 0.1) is 0 Å². The van der Waals surface area contributed by atoms with E-state index in [-0.39, 0.29) is 31.1 Å². The lowest BCUT2D eigenvalue weighted by Gasteiger charge is -2.34. The number of esters is 2. The highest BCUT2D eigenvalue weighted by atomic mass is 16.5. The van der Waals surface area contributed by atoms with Gasteiger partial charge in [-0.3, -0.25) is 14.9 Å². The molecule has 1 heterocycles. The number of aryl methyl sites for hydroxylation is 1. The van der Waals surface area contributed by atoms with Crippen molar-refractivity contribution in [1.29, 1.82) is 0 Å². The fraction of sp³-hybridized carbons (Fsp3) is 0.500. The second-order valence-electron chi connectivity index (χ2n) is 9.56. The van der Waals surface area contributed by atoms with Crippen molar-refractivity contribution in [2.45, 2.75) is 83.5 Å². The summed E-state index contributed by atoms with van der Waals surface area (Å²) in [6.45, 7) is 4.46. The maximum atomic E-state index is 13.6. The van der Waals surface area contributed by atoms with Crippen molar-refractivity contribution in [1.82, 2.24) is 10.2 Å². The number of benzene rings is 2. The summed E-state index contributed by atoms with van der Waals surface area (Å²) >= 11 is 0. The Kier molecular flexibility index (Phi) is 11.6. The van der Waals surface area contributed by atoms with Crippen molar-refractivity contribution in [3.8, 4) is 0 Å². The average Bonchev–Trinajstić information content (AvgIpc) is 2.90. The van der Waals surface area contributed by atoms with Crippen molar-refractivity contribution in [2.24, 2.45) is 0 Å². The van der Waals surface area contributed by atoms with Gasteiger partial charge in [-0.05, 0) is 50.7 Å². The third-order valence-electron chi connectivity index (χ3n) is 6.74. The molecule has 3 rings (SSSR count). The van der Waals surface area contributed by atoms with E-state index >= 15 is 0 Å². The van der Waals surface area contributed by atoms with E-state index in [0.717, 1.165) is 36.8 Å². The lowest BCUT2D eigenvalue weighted by Crippen LogP contribution is -2.55. The molecular weight excluding hydrogens is 468 g/mol. The number of nitrogens with zero attached hydrogens (tertiary/aromatic N) is 1. The van der Waals surface area contributed by atoms with Crippen LogP contribution in [0.15, 0.2) is 60.7 Å². The molecule has 0 spiro atoms. The van der Waals surface area contributed by atoms with Crippen LogP contribution in [0.1, 0.15) is 63.5 Å². The number of hydrogen-bond acceptors (Lipinski definition) is 6. The molecule has 1 aliphatic rings. The minimum absolute atomic E-state index is 0.177. The lowest BCUT2D eigenvalue weighted by atomic mass is 10.0. The first-order valence-electron chi connectivity index (χ1n) is 13.5. The Balaban J connectivity index is 1.68. The molecule has 200 valence electrons. The van der Waals surface area contributed by atoms with E-state index in [1.165, 1.54) is 0 Å². The maximum Gasteiger partial charge on any atom is 0.329 e. The first-order valence-corrected chi connectivity index (χ1v) is 13.5. The zero-order valence-electron chi connectivity index (χ0n) is 22.1. The van der Waals surface area contributed by atoms with Gasteiger partial charge in [0.15, 0.2) is 0 Å². The molecule has 37 heavy (non-hydrogen) atoms. The van der Waals surface area contributed by atoms with Crippen LogP contribution in [-0.2, 0) is 36.9 Å². The summed E-state index contributed by atoms with van der Waals surface area (Å²) in [6, 6.07) is 17.5. The SMILES string of the molecule is CCOC(=O)[C@H](CCc1ccccc1)N[C@@H](C)C(=O)N1CCCCCC[C@@H]1C(=O)OCc1ccccc1. The van der Waals surface area contributed by atoms with Gasteiger partial charge in [0, 0.05) is 6.54 Å². The van der Waals surface area contributed by atoms with Crippen molar-refractivity contribution in [3.05, 3.63) is 71.8 Å². The monoisotopic (exact) mass is 508 g/mol. The molecule has 1 amide bonds. The Labute approximate surface area is 220 Å². The maximum absolute atomic E-state index is 13.6. The van der Waals surface area contributed by atoms with Gasteiger partial charge in [-0.2, -0.15) is 0 Å². The molecule has 0 unspecified atom stereocenters. The third kappa shape index (κ3) is 9.01. The highest BCUT2D eigenvalue weighted by Gasteiger charge is 2.35. The number of hydrogen-bond donors (Lipinski definition) is 1. The Hall–Kier alpha value is -3.19. The zero-order chi connectivity index (χ0) is 26.5. The van der Waals surface area contributed by atoms with Crippen LogP contribution in [-0.4, -0.2) is 54.0 Å². The zero-order valence-corrected chi connectivity index (χ0v) is 22.1. The number of carbonyl (C=O) groups excluding carboxylic acids is 3. The average molecular weight is 509 g/mol. The third-order valence-corrected chi connectivity index (χ3v) is 6.74. The molecule has 1 N–H and O–H groups in total. The van der Waals surface area contributed by atoms with E-state index < -0.39 is 18.1 Å². The van der Waals surface area contributed by atoms with Crippen molar-refractivity contribution in [2.75, 3.05) is 13.2 Å². The molecule has 7 heteroatoms. The highest BCUT2D eigenvalue weighted by molar-refractivity contribution is 5.88. The van der Waals surface area contributed by atoms with Gasteiger partial charge in [-0.25, -0.2) is 4.79 Å². The highest BCUT2D eigenvalue weighted by Crippen LogP contribution is 2.20. The van der Waals surface area contributed by atoms with Crippen LogP contribution < -0.4 is 5.32 Å². The quantitative estimate of drug-likeness (QED) is 0.452. The minimum atomic E-state index is -0.658. The molecule has 1 fully saturated rings. The lowest BCUT2D eigenvalue weighted by molar-refractivity contribution is -0.158. The van der Waals surface area contributed by atoms with Gasteiger partial charge < -0.3 is 14.4 Å². The van der Waals surface area contributed by atoms with E-state index in [1.54, 1.807) is 18.7 Å². The topological polar surface area (TPSA) is 84.9 Å². The number of rotatable bonds is 11. The number of nitrogens with one attached hydrogen (secondary N) is 1. The van der Waals surface area contributed by atoms with Gasteiger partial charge in [-0.15, -0.1) is 0 Å². The first kappa shape index (κ1) is 28.4. The Morgan fingerprint density at radius 3 is 2.24 bits per heavy atom. The van der Waals surface area contributed by atoms with Crippen LogP contribution in [0.4, 0.5) is 0 Å². The van der Waals surface area contributed by atoms with Gasteiger partial charge in [0.05, 0.1) is 12.6 Å². The predicted molar refractivity (Wildman–Crippen MR) is 143 cm³/mol. The Morgan fingerprint density at radius 1 is 0.919 bits per heavy atom. The molecule has 7 nitrogen and oxygen atoms in total. The summed E-state index contributed by atoms with van der Waals surface area (Å²) in [5.41, 5.74) is 2.02. The van der Waals surface area contributed by atoms with Gasteiger partial charge in [0.25, 0.3) is 0 Å². The molecule has 0 aliphatic carbocycles. The number of amides is 1. The van der Waals surface area contributed by atoms with E-state index in [9.17, 15) is 14.4 Å². The molecule has 1 saturated heterocycles. The van der Waals surface area contributed by atoms with Crippen LogP contribution in [0.5, 0.6) is 0 Å². The molecule has 3 atom stereocenters. The second kappa shape index (κ2) is 15.2. The van der Waals surface area contributed by atoms with Gasteiger partial charge in [0.2, 0.25) is 5.91 Å². The minimum Gasteiger partial charge on any atom is -0.465 e. The molecule has 0 aromatic heterocycles. The Morgan fingerprint density at radius 2 is 1.57 bits per heavy atom. The summed E-state index contributed by atoms with van der Waals surface area (Å²) in [5, 5.41) is 3.20. The smallest absolute Gasteiger partial charge is 0.329 e. The molecule has 2 aromatic rings. The summed E-state index contributed by atoms with van der Waals surface area (Å²) in [6.07, 6.45) is 5.48. The van der Waals surface area contributed by atoms with E-state index in [0.29, 0.717) is 25.8 Å². The number of carbonyl (C=O) groups is 3. The van der Waals surface area contributed by atoms with Crippen LogP contribution in [0.2, 0.25) is 0 Å². The van der Waals surface area contributed by atoms with Gasteiger partial charge in [0.1, 0.15) is 18.7 Å². The van der Waals surface area contributed by atoms with Crippen LogP contribution >= 0.6 is 0 Å². The second-order valence-corrected chi connectivity index (χ2v) is 9.56. The summed E-state index contributed by atoms with van der Waals surface area (Å²) in [5.74, 6) is -0.945. The number of likely N-dealkylation sites (tertiary alicyclic amines) is 1. The molecule has 0 bridgehead atoms. The molecular formula is C30H40N2O5. The molecule has 1 aliphatic heterocycles. The Bertz CT molecular complexity index is 982. The fourth-order valence-corrected chi connectivity index (χ4v) is 4.71. The summed E-state index contributed by atoms with van der Waals surface area (Å²) in [4.78, 5) is 41.1. The number of ether oxygens (including phenoxy) is 2. The summed E-state index contributed by atoms with van der Waals surface area (Å²) < 4.78 is 10.9.